The molecule has 0 N–H and O–H groups in total. The molecule has 0 amide bonds. The predicted molar refractivity (Wildman–Crippen MR) is 82.3 cm³/mol. The van der Waals surface area contributed by atoms with Gasteiger partial charge in [-0.05, 0) is 24.3 Å². The maximum atomic E-state index is 5.61. The largest absolute Gasteiger partial charge is 0.529 e. The van der Waals surface area contributed by atoms with Gasteiger partial charge >= 0.3 is 8.60 Å². The minimum absolute atomic E-state index is 0. The first kappa shape index (κ1) is 15.1. The number of rotatable bonds is 6. The molecule has 0 aliphatic carbocycles. The first-order valence-corrected chi connectivity index (χ1v) is 6.52. The molecule has 0 fully saturated rings. The van der Waals surface area contributed by atoms with Crippen LogP contribution >= 0.6 is 8.60 Å². The van der Waals surface area contributed by atoms with Crippen molar-refractivity contribution >= 4 is 17.0 Å². The summed E-state index contributed by atoms with van der Waals surface area (Å²) in [7, 11) is -1.53. The lowest BCUT2D eigenvalue weighted by Gasteiger charge is -2.15. The van der Waals surface area contributed by atoms with Crippen LogP contribution in [-0.4, -0.2) is 8.41 Å². The van der Waals surface area contributed by atoms with Crippen LogP contribution in [0, 0.1) is 0 Å². The Labute approximate surface area is 116 Å². The van der Waals surface area contributed by atoms with Gasteiger partial charge in [-0.3, -0.25) is 0 Å². The van der Waals surface area contributed by atoms with Crippen molar-refractivity contribution in [3.63, 3.8) is 0 Å². The van der Waals surface area contributed by atoms with Crippen molar-refractivity contribution in [1.82, 2.24) is 0 Å². The average Bonchev–Trinajstić information content (AvgIpc) is 2.41. The highest BCUT2D eigenvalue weighted by molar-refractivity contribution is 7.42. The second kappa shape index (κ2) is 8.22. The summed E-state index contributed by atoms with van der Waals surface area (Å²) < 4.78 is 16.4. The molecule has 2 aromatic rings. The smallest absolute Gasteiger partial charge is 0.417 e. The summed E-state index contributed by atoms with van der Waals surface area (Å²) >= 11 is 0. The Kier molecular flexibility index (Phi) is 6.55. The summed E-state index contributed by atoms with van der Waals surface area (Å²) in [5.41, 5.74) is 0. The van der Waals surface area contributed by atoms with Crippen LogP contribution in [0.1, 0.15) is 0 Å². The lowest BCUT2D eigenvalue weighted by atomic mass is 10.3. The summed E-state index contributed by atoms with van der Waals surface area (Å²) in [4.78, 5) is 0. The highest BCUT2D eigenvalue weighted by Gasteiger charge is 2.16. The van der Waals surface area contributed by atoms with Gasteiger partial charge in [-0.15, -0.1) is 0 Å². The molecule has 3 nitrogen and oxygen atoms in total. The van der Waals surface area contributed by atoms with Crippen molar-refractivity contribution < 1.29 is 13.6 Å². The molecule has 19 heavy (non-hydrogen) atoms. The molecule has 0 spiro atoms. The van der Waals surface area contributed by atoms with Crippen molar-refractivity contribution in [3.05, 3.63) is 73.5 Å². The molecule has 0 bridgehead atoms. The fourth-order valence-corrected chi connectivity index (χ4v) is 2.09. The zero-order chi connectivity index (χ0) is 12.6. The average molecular weight is 274 g/mol. The van der Waals surface area contributed by atoms with Crippen LogP contribution in [0.4, 0.5) is 0 Å². The monoisotopic (exact) mass is 274 g/mol. The first-order valence-electron chi connectivity index (χ1n) is 5.42. The van der Waals surface area contributed by atoms with Gasteiger partial charge in [0.2, 0.25) is 0 Å². The molecule has 5 heteroatoms. The fourth-order valence-electron chi connectivity index (χ4n) is 1.26. The van der Waals surface area contributed by atoms with E-state index in [9.17, 15) is 0 Å². The maximum absolute atomic E-state index is 5.61. The van der Waals surface area contributed by atoms with E-state index in [4.69, 9.17) is 13.6 Å². The molecule has 0 saturated heterocycles. The van der Waals surface area contributed by atoms with Crippen molar-refractivity contribution in [2.24, 2.45) is 0 Å². The SMILES string of the molecule is B.C=COP(Oc1ccccc1)Oc1ccccc1. The van der Waals surface area contributed by atoms with Crippen LogP contribution in [0.5, 0.6) is 11.5 Å². The molecule has 0 unspecified atom stereocenters. The number of para-hydroxylation sites is 2. The van der Waals surface area contributed by atoms with E-state index in [1.807, 2.05) is 60.7 Å². The molecular weight excluding hydrogens is 258 g/mol. The van der Waals surface area contributed by atoms with Crippen molar-refractivity contribution in [3.8, 4) is 11.5 Å². The Balaban J connectivity index is 0.00000180. The van der Waals surface area contributed by atoms with Gasteiger partial charge in [0.1, 0.15) is 11.5 Å². The Hall–Kier alpha value is -1.93. The molecule has 0 radical (unpaired) electrons. The molecule has 0 aromatic heterocycles. The van der Waals surface area contributed by atoms with Crippen molar-refractivity contribution in [2.45, 2.75) is 0 Å². The van der Waals surface area contributed by atoms with Gasteiger partial charge in [-0.2, -0.15) is 0 Å². The third-order valence-corrected chi connectivity index (χ3v) is 3.05. The van der Waals surface area contributed by atoms with Gasteiger partial charge in [0.05, 0.1) is 14.7 Å². The van der Waals surface area contributed by atoms with E-state index >= 15 is 0 Å². The summed E-state index contributed by atoms with van der Waals surface area (Å²) in [5.74, 6) is 1.39. The standard InChI is InChI=1S/C14H13O3P.BH3/c1-2-15-18(16-13-9-5-3-6-10-13)17-14-11-7-4-8-12-14;/h2-12H,1H2;1H3. The second-order valence-corrected chi connectivity index (χ2v) is 4.33. The molecule has 0 atom stereocenters. The normalized spacial score (nSPS) is 9.32. The van der Waals surface area contributed by atoms with Gasteiger partial charge in [0.25, 0.3) is 0 Å². The van der Waals surface area contributed by atoms with E-state index in [-0.39, 0.29) is 8.41 Å². The Morgan fingerprint density at radius 3 is 1.58 bits per heavy atom. The van der Waals surface area contributed by atoms with Crippen LogP contribution in [-0.2, 0) is 4.52 Å². The molecule has 0 heterocycles. The molecule has 0 saturated carbocycles. The second-order valence-electron chi connectivity index (χ2n) is 3.30. The predicted octanol–water partition coefficient (Wildman–Crippen LogP) is 3.35. The minimum atomic E-state index is -1.53. The molecule has 0 aliphatic heterocycles. The van der Waals surface area contributed by atoms with Gasteiger partial charge in [0.15, 0.2) is 0 Å². The Morgan fingerprint density at radius 2 is 1.21 bits per heavy atom. The van der Waals surface area contributed by atoms with Gasteiger partial charge in [-0.25, -0.2) is 0 Å². The lowest BCUT2D eigenvalue weighted by Crippen LogP contribution is -1.96. The van der Waals surface area contributed by atoms with E-state index in [1.165, 1.54) is 6.26 Å². The van der Waals surface area contributed by atoms with Gasteiger partial charge in [0, 0.05) is 0 Å². The van der Waals surface area contributed by atoms with E-state index in [1.54, 1.807) is 0 Å². The van der Waals surface area contributed by atoms with Crippen LogP contribution < -0.4 is 9.05 Å². The molecule has 2 rings (SSSR count). The number of hydrogen-bond donors (Lipinski definition) is 0. The van der Waals surface area contributed by atoms with E-state index in [2.05, 4.69) is 6.58 Å². The van der Waals surface area contributed by atoms with Crippen LogP contribution in [0.3, 0.4) is 0 Å². The van der Waals surface area contributed by atoms with Crippen LogP contribution in [0.2, 0.25) is 0 Å². The number of hydrogen-bond acceptors (Lipinski definition) is 3. The minimum Gasteiger partial charge on any atom is -0.417 e. The Morgan fingerprint density at radius 1 is 0.789 bits per heavy atom. The van der Waals surface area contributed by atoms with Crippen LogP contribution in [0.15, 0.2) is 73.5 Å². The lowest BCUT2D eigenvalue weighted by molar-refractivity contribution is 0.357. The summed E-state index contributed by atoms with van der Waals surface area (Å²) in [6, 6.07) is 18.8. The fraction of sp³-hybridized carbons (Fsp3) is 0. The van der Waals surface area contributed by atoms with E-state index in [0.29, 0.717) is 11.5 Å². The van der Waals surface area contributed by atoms with E-state index < -0.39 is 8.60 Å². The zero-order valence-corrected chi connectivity index (χ0v) is 10.6. The first-order chi connectivity index (χ1) is 8.88. The topological polar surface area (TPSA) is 27.7 Å². The van der Waals surface area contributed by atoms with E-state index in [0.717, 1.165) is 0 Å². The van der Waals surface area contributed by atoms with Gasteiger partial charge in [-0.1, -0.05) is 43.0 Å². The van der Waals surface area contributed by atoms with Crippen molar-refractivity contribution in [1.29, 1.82) is 0 Å². The number of benzene rings is 2. The molecular formula is C14H16BO3P. The van der Waals surface area contributed by atoms with Crippen molar-refractivity contribution in [2.75, 3.05) is 0 Å². The quantitative estimate of drug-likeness (QED) is 0.459. The maximum Gasteiger partial charge on any atom is 0.529 e. The molecule has 2 aromatic carbocycles. The summed E-state index contributed by atoms with van der Waals surface area (Å²) in [6.45, 7) is 3.52. The van der Waals surface area contributed by atoms with Crippen LogP contribution in [0.25, 0.3) is 0 Å². The summed E-state index contributed by atoms with van der Waals surface area (Å²) in [5, 5.41) is 0. The third-order valence-electron chi connectivity index (χ3n) is 2.01. The zero-order valence-electron chi connectivity index (χ0n) is 9.73. The third kappa shape index (κ3) is 5.06. The highest BCUT2D eigenvalue weighted by Crippen LogP contribution is 2.41. The highest BCUT2D eigenvalue weighted by atomic mass is 31.2. The molecule has 98 valence electrons. The Bertz CT molecular complexity index is 437. The summed E-state index contributed by atoms with van der Waals surface area (Å²) in [6.07, 6.45) is 1.32. The molecule has 0 aliphatic rings. The van der Waals surface area contributed by atoms with Gasteiger partial charge < -0.3 is 13.6 Å².